The summed E-state index contributed by atoms with van der Waals surface area (Å²) in [7, 11) is 0. The number of carbonyl (C=O) groups excluding carboxylic acids is 2. The summed E-state index contributed by atoms with van der Waals surface area (Å²) in [6, 6.07) is 9.97. The number of nitrogens with zero attached hydrogens (tertiary/aromatic N) is 3. The molecule has 2 amide bonds. The van der Waals surface area contributed by atoms with E-state index in [0.29, 0.717) is 19.5 Å². The van der Waals surface area contributed by atoms with Crippen molar-refractivity contribution in [2.45, 2.75) is 19.9 Å². The van der Waals surface area contributed by atoms with Gasteiger partial charge in [-0.15, -0.1) is 0 Å². The van der Waals surface area contributed by atoms with Gasteiger partial charge in [0.25, 0.3) is 0 Å². The van der Waals surface area contributed by atoms with Gasteiger partial charge in [-0.2, -0.15) is 0 Å². The number of benzene rings is 1. The molecular weight excluding hydrogens is 290 g/mol. The summed E-state index contributed by atoms with van der Waals surface area (Å²) in [4.78, 5) is 31.0. The average Bonchev–Trinajstić information content (AvgIpc) is 2.96. The number of likely N-dealkylation sites (N-methyl/N-ethyl adjacent to an activating group) is 1. The average molecular weight is 315 g/mol. The van der Waals surface area contributed by atoms with Crippen molar-refractivity contribution >= 4 is 11.8 Å². The zero-order valence-corrected chi connectivity index (χ0v) is 13.8. The van der Waals surface area contributed by atoms with Crippen LogP contribution in [0.25, 0.3) is 0 Å². The SMILES string of the molecule is CCN1CCN(C(=O)C2CC(=O)N(Cc3ccccc3)C2)CC1. The highest BCUT2D eigenvalue weighted by Gasteiger charge is 2.37. The van der Waals surface area contributed by atoms with Crippen LogP contribution in [0.1, 0.15) is 18.9 Å². The highest BCUT2D eigenvalue weighted by molar-refractivity contribution is 5.89. The topological polar surface area (TPSA) is 43.9 Å². The number of carbonyl (C=O) groups is 2. The van der Waals surface area contributed by atoms with Crippen molar-refractivity contribution in [3.05, 3.63) is 35.9 Å². The fourth-order valence-electron chi connectivity index (χ4n) is 3.44. The van der Waals surface area contributed by atoms with Gasteiger partial charge in [-0.1, -0.05) is 37.3 Å². The minimum Gasteiger partial charge on any atom is -0.340 e. The Hall–Kier alpha value is -1.88. The monoisotopic (exact) mass is 315 g/mol. The number of likely N-dealkylation sites (tertiary alicyclic amines) is 1. The summed E-state index contributed by atoms with van der Waals surface area (Å²) >= 11 is 0. The summed E-state index contributed by atoms with van der Waals surface area (Å²) in [6.07, 6.45) is 0.361. The molecule has 0 bridgehead atoms. The molecule has 2 heterocycles. The first-order valence-corrected chi connectivity index (χ1v) is 8.50. The first kappa shape index (κ1) is 16.0. The third-order valence-corrected chi connectivity index (χ3v) is 4.91. The molecule has 0 saturated carbocycles. The molecule has 2 aliphatic heterocycles. The van der Waals surface area contributed by atoms with Crippen molar-refractivity contribution in [1.29, 1.82) is 0 Å². The Morgan fingerprint density at radius 1 is 1.13 bits per heavy atom. The van der Waals surface area contributed by atoms with E-state index in [1.54, 1.807) is 0 Å². The molecule has 1 aromatic carbocycles. The predicted molar refractivity (Wildman–Crippen MR) is 88.7 cm³/mol. The van der Waals surface area contributed by atoms with Gasteiger partial charge in [0.05, 0.1) is 5.92 Å². The second-order valence-corrected chi connectivity index (χ2v) is 6.42. The number of amides is 2. The van der Waals surface area contributed by atoms with Crippen LogP contribution in [0.2, 0.25) is 0 Å². The van der Waals surface area contributed by atoms with Gasteiger partial charge in [0.2, 0.25) is 11.8 Å². The van der Waals surface area contributed by atoms with E-state index in [2.05, 4.69) is 11.8 Å². The summed E-state index contributed by atoms with van der Waals surface area (Å²) < 4.78 is 0. The van der Waals surface area contributed by atoms with Crippen LogP contribution >= 0.6 is 0 Å². The molecule has 0 N–H and O–H groups in total. The van der Waals surface area contributed by atoms with Gasteiger partial charge in [0, 0.05) is 45.7 Å². The van der Waals surface area contributed by atoms with E-state index in [1.807, 2.05) is 40.1 Å². The summed E-state index contributed by atoms with van der Waals surface area (Å²) in [5.74, 6) is 0.0865. The fraction of sp³-hybridized carbons (Fsp3) is 0.556. The Balaban J connectivity index is 1.56. The molecule has 0 aromatic heterocycles. The smallest absolute Gasteiger partial charge is 0.228 e. The zero-order valence-electron chi connectivity index (χ0n) is 13.8. The molecule has 1 unspecified atom stereocenters. The van der Waals surface area contributed by atoms with Crippen LogP contribution in [-0.2, 0) is 16.1 Å². The molecule has 23 heavy (non-hydrogen) atoms. The molecule has 0 aliphatic carbocycles. The lowest BCUT2D eigenvalue weighted by molar-refractivity contribution is -0.137. The van der Waals surface area contributed by atoms with E-state index in [-0.39, 0.29) is 17.7 Å². The second kappa shape index (κ2) is 7.13. The van der Waals surface area contributed by atoms with Crippen molar-refractivity contribution in [1.82, 2.24) is 14.7 Å². The molecule has 1 atom stereocenters. The lowest BCUT2D eigenvalue weighted by atomic mass is 10.1. The second-order valence-electron chi connectivity index (χ2n) is 6.42. The van der Waals surface area contributed by atoms with Gasteiger partial charge < -0.3 is 14.7 Å². The van der Waals surface area contributed by atoms with E-state index in [1.165, 1.54) is 0 Å². The number of hydrogen-bond acceptors (Lipinski definition) is 3. The van der Waals surface area contributed by atoms with Crippen molar-refractivity contribution in [2.75, 3.05) is 39.3 Å². The molecule has 1 aromatic rings. The highest BCUT2D eigenvalue weighted by Crippen LogP contribution is 2.22. The molecule has 2 aliphatic rings. The third kappa shape index (κ3) is 3.72. The van der Waals surface area contributed by atoms with E-state index in [9.17, 15) is 9.59 Å². The van der Waals surface area contributed by atoms with E-state index in [0.717, 1.165) is 38.3 Å². The minimum absolute atomic E-state index is 0.0967. The predicted octanol–water partition coefficient (Wildman–Crippen LogP) is 1.20. The van der Waals surface area contributed by atoms with Crippen LogP contribution in [-0.4, -0.2) is 65.8 Å². The number of hydrogen-bond donors (Lipinski definition) is 0. The molecule has 3 rings (SSSR count). The summed E-state index contributed by atoms with van der Waals surface area (Å²) in [5, 5.41) is 0. The Labute approximate surface area is 137 Å². The summed E-state index contributed by atoms with van der Waals surface area (Å²) in [5.41, 5.74) is 1.12. The van der Waals surface area contributed by atoms with Crippen molar-refractivity contribution in [2.24, 2.45) is 5.92 Å². The zero-order chi connectivity index (χ0) is 16.2. The first-order chi connectivity index (χ1) is 11.2. The lowest BCUT2D eigenvalue weighted by Crippen LogP contribution is -2.50. The number of rotatable bonds is 4. The van der Waals surface area contributed by atoms with Crippen molar-refractivity contribution in [3.8, 4) is 0 Å². The van der Waals surface area contributed by atoms with Gasteiger partial charge in [-0.25, -0.2) is 0 Å². The first-order valence-electron chi connectivity index (χ1n) is 8.50. The molecule has 2 saturated heterocycles. The molecule has 2 fully saturated rings. The summed E-state index contributed by atoms with van der Waals surface area (Å²) in [6.45, 7) is 7.80. The van der Waals surface area contributed by atoms with Crippen LogP contribution in [0.5, 0.6) is 0 Å². The van der Waals surface area contributed by atoms with Gasteiger partial charge in [0.15, 0.2) is 0 Å². The molecule has 124 valence electrons. The van der Waals surface area contributed by atoms with Crippen molar-refractivity contribution in [3.63, 3.8) is 0 Å². The van der Waals surface area contributed by atoms with Gasteiger partial charge in [-0.05, 0) is 12.1 Å². The maximum Gasteiger partial charge on any atom is 0.228 e. The van der Waals surface area contributed by atoms with Gasteiger partial charge in [0.1, 0.15) is 0 Å². The molecule has 0 radical (unpaired) electrons. The molecule has 5 heteroatoms. The van der Waals surface area contributed by atoms with Crippen LogP contribution in [0.3, 0.4) is 0 Å². The molecular formula is C18H25N3O2. The lowest BCUT2D eigenvalue weighted by Gasteiger charge is -2.35. The molecule has 0 spiro atoms. The fourth-order valence-corrected chi connectivity index (χ4v) is 3.44. The maximum absolute atomic E-state index is 12.7. The Morgan fingerprint density at radius 3 is 2.48 bits per heavy atom. The Morgan fingerprint density at radius 2 is 1.83 bits per heavy atom. The molecule has 5 nitrogen and oxygen atoms in total. The largest absolute Gasteiger partial charge is 0.340 e. The minimum atomic E-state index is -0.167. The Bertz CT molecular complexity index is 553. The third-order valence-electron chi connectivity index (χ3n) is 4.91. The maximum atomic E-state index is 12.7. The Kier molecular flexibility index (Phi) is 4.96. The van der Waals surface area contributed by atoms with Crippen LogP contribution in [0.4, 0.5) is 0 Å². The van der Waals surface area contributed by atoms with Crippen LogP contribution < -0.4 is 0 Å². The highest BCUT2D eigenvalue weighted by atomic mass is 16.2. The van der Waals surface area contributed by atoms with Gasteiger partial charge in [-0.3, -0.25) is 9.59 Å². The van der Waals surface area contributed by atoms with Crippen molar-refractivity contribution < 1.29 is 9.59 Å². The number of piperazine rings is 1. The van der Waals surface area contributed by atoms with Crippen LogP contribution in [0, 0.1) is 5.92 Å². The quantitative estimate of drug-likeness (QED) is 0.838. The van der Waals surface area contributed by atoms with E-state index < -0.39 is 0 Å². The van der Waals surface area contributed by atoms with Crippen LogP contribution in [0.15, 0.2) is 30.3 Å². The van der Waals surface area contributed by atoms with E-state index >= 15 is 0 Å². The van der Waals surface area contributed by atoms with Gasteiger partial charge >= 0.3 is 0 Å². The van der Waals surface area contributed by atoms with E-state index in [4.69, 9.17) is 0 Å². The standard InChI is InChI=1S/C18H25N3O2/c1-2-19-8-10-20(11-9-19)18(23)16-12-17(22)21(14-16)13-15-6-4-3-5-7-15/h3-7,16H,2,8-14H2,1H3. The normalized spacial score (nSPS) is 22.7.